The summed E-state index contributed by atoms with van der Waals surface area (Å²) in [6, 6.07) is 1.60. The van der Waals surface area contributed by atoms with Crippen LogP contribution in [-0.2, 0) is 10.0 Å². The zero-order valence-electron chi connectivity index (χ0n) is 12.7. The van der Waals surface area contributed by atoms with E-state index in [-0.39, 0.29) is 22.9 Å². The Bertz CT molecular complexity index is 628. The van der Waals surface area contributed by atoms with Gasteiger partial charge in [0.2, 0.25) is 10.0 Å². The van der Waals surface area contributed by atoms with Gasteiger partial charge in [-0.2, -0.15) is 0 Å². The van der Waals surface area contributed by atoms with Gasteiger partial charge in [0.15, 0.2) is 0 Å². The van der Waals surface area contributed by atoms with Gasteiger partial charge in [-0.3, -0.25) is 4.79 Å². The number of carbonyl (C=O) groups excluding carboxylic acids is 1. The maximum atomic E-state index is 12.7. The standard InChI is InChI=1S/C14H23N3O3S/c1-10(2)17-9-12(21(15,19)20)8-13(17)14(18)16(3)11-6-4-5-7-11/h8-11H,4-7H2,1-3H3,(H2,15,19,20). The van der Waals surface area contributed by atoms with E-state index in [4.69, 9.17) is 5.14 Å². The summed E-state index contributed by atoms with van der Waals surface area (Å²) >= 11 is 0. The molecule has 0 spiro atoms. The molecule has 0 saturated heterocycles. The highest BCUT2D eigenvalue weighted by atomic mass is 32.2. The lowest BCUT2D eigenvalue weighted by atomic mass is 10.2. The number of nitrogens with zero attached hydrogens (tertiary/aromatic N) is 2. The minimum absolute atomic E-state index is 0.0145. The molecule has 0 radical (unpaired) electrons. The van der Waals surface area contributed by atoms with E-state index in [0.717, 1.165) is 25.7 Å². The molecule has 0 unspecified atom stereocenters. The molecule has 1 aromatic heterocycles. The first-order chi connectivity index (χ1) is 9.71. The van der Waals surface area contributed by atoms with Crippen molar-refractivity contribution in [2.45, 2.75) is 56.5 Å². The topological polar surface area (TPSA) is 85.4 Å². The largest absolute Gasteiger partial charge is 0.340 e. The highest BCUT2D eigenvalue weighted by molar-refractivity contribution is 7.89. The van der Waals surface area contributed by atoms with Crippen molar-refractivity contribution < 1.29 is 13.2 Å². The Balaban J connectivity index is 2.37. The van der Waals surface area contributed by atoms with Crippen LogP contribution in [0.5, 0.6) is 0 Å². The van der Waals surface area contributed by atoms with Crippen molar-refractivity contribution >= 4 is 15.9 Å². The van der Waals surface area contributed by atoms with E-state index in [1.807, 2.05) is 13.8 Å². The number of amides is 1. The Labute approximate surface area is 126 Å². The van der Waals surface area contributed by atoms with Gasteiger partial charge in [0, 0.05) is 25.3 Å². The van der Waals surface area contributed by atoms with Crippen molar-refractivity contribution in [1.29, 1.82) is 0 Å². The van der Waals surface area contributed by atoms with Crippen LogP contribution in [0.15, 0.2) is 17.2 Å². The molecule has 7 heteroatoms. The minimum atomic E-state index is -3.81. The first-order valence-corrected chi connectivity index (χ1v) is 8.78. The summed E-state index contributed by atoms with van der Waals surface area (Å²) in [7, 11) is -2.02. The third-order valence-electron chi connectivity index (χ3n) is 4.12. The van der Waals surface area contributed by atoms with E-state index in [0.29, 0.717) is 5.69 Å². The number of sulfonamides is 1. The van der Waals surface area contributed by atoms with Crippen LogP contribution in [0.4, 0.5) is 0 Å². The molecule has 0 aliphatic heterocycles. The van der Waals surface area contributed by atoms with Gasteiger partial charge in [-0.15, -0.1) is 0 Å². The lowest BCUT2D eigenvalue weighted by Crippen LogP contribution is -2.36. The zero-order chi connectivity index (χ0) is 15.8. The first-order valence-electron chi connectivity index (χ1n) is 7.23. The summed E-state index contributed by atoms with van der Waals surface area (Å²) in [5, 5.41) is 5.17. The predicted molar refractivity (Wildman–Crippen MR) is 80.5 cm³/mol. The van der Waals surface area contributed by atoms with Gasteiger partial charge in [-0.1, -0.05) is 12.8 Å². The number of rotatable bonds is 4. The molecule has 1 amide bonds. The summed E-state index contributed by atoms with van der Waals surface area (Å²) in [5.74, 6) is -0.148. The molecule has 0 bridgehead atoms. The van der Waals surface area contributed by atoms with Crippen molar-refractivity contribution in [2.75, 3.05) is 7.05 Å². The van der Waals surface area contributed by atoms with Crippen molar-refractivity contribution in [2.24, 2.45) is 5.14 Å². The zero-order valence-corrected chi connectivity index (χ0v) is 13.6. The lowest BCUT2D eigenvalue weighted by Gasteiger charge is -2.25. The molecule has 118 valence electrons. The first kappa shape index (κ1) is 16.0. The van der Waals surface area contributed by atoms with E-state index in [1.165, 1.54) is 12.3 Å². The number of hydrogen-bond donors (Lipinski definition) is 1. The minimum Gasteiger partial charge on any atom is -0.340 e. The van der Waals surface area contributed by atoms with Crippen LogP contribution in [0.1, 0.15) is 56.1 Å². The smallest absolute Gasteiger partial charge is 0.270 e. The molecule has 1 aromatic rings. The van der Waals surface area contributed by atoms with Crippen LogP contribution in [0.2, 0.25) is 0 Å². The van der Waals surface area contributed by atoms with Gasteiger partial charge in [0.25, 0.3) is 5.91 Å². The van der Waals surface area contributed by atoms with E-state index in [9.17, 15) is 13.2 Å². The van der Waals surface area contributed by atoms with Gasteiger partial charge in [-0.05, 0) is 32.8 Å². The summed E-state index contributed by atoms with van der Waals surface area (Å²) in [4.78, 5) is 14.4. The molecule has 6 nitrogen and oxygen atoms in total. The molecule has 21 heavy (non-hydrogen) atoms. The quantitative estimate of drug-likeness (QED) is 0.918. The number of aromatic nitrogens is 1. The predicted octanol–water partition coefficient (Wildman–Crippen LogP) is 1.73. The van der Waals surface area contributed by atoms with Gasteiger partial charge >= 0.3 is 0 Å². The van der Waals surface area contributed by atoms with E-state index in [1.54, 1.807) is 16.5 Å². The number of primary sulfonamides is 1. The summed E-state index contributed by atoms with van der Waals surface area (Å²) < 4.78 is 24.7. The van der Waals surface area contributed by atoms with Crippen LogP contribution in [0, 0.1) is 0 Å². The number of hydrogen-bond acceptors (Lipinski definition) is 3. The molecule has 0 aromatic carbocycles. The van der Waals surface area contributed by atoms with Crippen LogP contribution in [-0.4, -0.2) is 36.9 Å². The van der Waals surface area contributed by atoms with Gasteiger partial charge in [0.05, 0.1) is 0 Å². The normalized spacial score (nSPS) is 16.6. The molecule has 2 rings (SSSR count). The monoisotopic (exact) mass is 313 g/mol. The Morgan fingerprint density at radius 3 is 2.43 bits per heavy atom. The van der Waals surface area contributed by atoms with Crippen molar-refractivity contribution in [3.8, 4) is 0 Å². The number of nitrogens with two attached hydrogens (primary N) is 1. The Kier molecular flexibility index (Phi) is 4.43. The summed E-state index contributed by atoms with van der Waals surface area (Å²) in [6.07, 6.45) is 5.72. The second-order valence-electron chi connectivity index (χ2n) is 5.96. The molecular weight excluding hydrogens is 290 g/mol. The number of carbonyl (C=O) groups is 1. The van der Waals surface area contributed by atoms with Crippen molar-refractivity contribution in [1.82, 2.24) is 9.47 Å². The van der Waals surface area contributed by atoms with Crippen LogP contribution in [0.25, 0.3) is 0 Å². The lowest BCUT2D eigenvalue weighted by molar-refractivity contribution is 0.0722. The Morgan fingerprint density at radius 1 is 1.38 bits per heavy atom. The second kappa shape index (κ2) is 5.81. The Hall–Kier alpha value is -1.34. The summed E-state index contributed by atoms with van der Waals surface area (Å²) in [6.45, 7) is 3.80. The third-order valence-corrected chi connectivity index (χ3v) is 5.00. The second-order valence-corrected chi connectivity index (χ2v) is 7.52. The third kappa shape index (κ3) is 3.29. The molecular formula is C14H23N3O3S. The molecule has 0 atom stereocenters. The highest BCUT2D eigenvalue weighted by Crippen LogP contribution is 2.25. The fourth-order valence-corrected chi connectivity index (χ4v) is 3.38. The molecule has 1 aliphatic carbocycles. The van der Waals surface area contributed by atoms with E-state index in [2.05, 4.69) is 0 Å². The van der Waals surface area contributed by atoms with Crippen molar-refractivity contribution in [3.05, 3.63) is 18.0 Å². The van der Waals surface area contributed by atoms with E-state index < -0.39 is 10.0 Å². The fraction of sp³-hybridized carbons (Fsp3) is 0.643. The highest BCUT2D eigenvalue weighted by Gasteiger charge is 2.28. The molecule has 1 aliphatic rings. The van der Waals surface area contributed by atoms with Gasteiger partial charge < -0.3 is 9.47 Å². The van der Waals surface area contributed by atoms with Crippen LogP contribution in [0.3, 0.4) is 0 Å². The SMILES string of the molecule is CC(C)n1cc(S(N)(=O)=O)cc1C(=O)N(C)C1CCCC1. The van der Waals surface area contributed by atoms with Crippen LogP contribution >= 0.6 is 0 Å². The Morgan fingerprint density at radius 2 is 1.95 bits per heavy atom. The van der Waals surface area contributed by atoms with E-state index >= 15 is 0 Å². The van der Waals surface area contributed by atoms with Gasteiger partial charge in [-0.25, -0.2) is 13.6 Å². The maximum Gasteiger partial charge on any atom is 0.270 e. The fourth-order valence-electron chi connectivity index (χ4n) is 2.85. The van der Waals surface area contributed by atoms with Crippen molar-refractivity contribution in [3.63, 3.8) is 0 Å². The summed E-state index contributed by atoms with van der Waals surface area (Å²) in [5.41, 5.74) is 0.378. The maximum absolute atomic E-state index is 12.7. The molecule has 1 heterocycles. The van der Waals surface area contributed by atoms with Gasteiger partial charge in [0.1, 0.15) is 10.6 Å². The average Bonchev–Trinajstić information content (AvgIpc) is 3.04. The molecule has 1 saturated carbocycles. The molecule has 1 fully saturated rings. The average molecular weight is 313 g/mol. The van der Waals surface area contributed by atoms with Crippen LogP contribution < -0.4 is 5.14 Å². The molecule has 2 N–H and O–H groups in total.